The fourth-order valence-corrected chi connectivity index (χ4v) is 2.52. The second-order valence-electron chi connectivity index (χ2n) is 5.48. The van der Waals surface area contributed by atoms with E-state index in [4.69, 9.17) is 5.11 Å². The Bertz CT molecular complexity index is 508. The SMILES string of the molecule is CC(C)CC(=O)N[C@@H]1CCc2cc(C(=O)O)ccc21. The minimum absolute atomic E-state index is 0.0316. The number of nitrogens with one attached hydrogen (secondary N) is 1. The second kappa shape index (κ2) is 5.43. The quantitative estimate of drug-likeness (QED) is 0.875. The Balaban J connectivity index is 2.10. The average molecular weight is 261 g/mol. The van der Waals surface area contributed by atoms with Gasteiger partial charge in [-0.05, 0) is 42.0 Å². The molecule has 1 aliphatic carbocycles. The Morgan fingerprint density at radius 2 is 2.16 bits per heavy atom. The number of hydrogen-bond donors (Lipinski definition) is 2. The highest BCUT2D eigenvalue weighted by molar-refractivity contribution is 5.88. The van der Waals surface area contributed by atoms with Crippen molar-refractivity contribution in [1.82, 2.24) is 5.32 Å². The summed E-state index contributed by atoms with van der Waals surface area (Å²) in [6.45, 7) is 4.03. The molecule has 0 unspecified atom stereocenters. The molecule has 1 aromatic rings. The van der Waals surface area contributed by atoms with Crippen molar-refractivity contribution in [1.29, 1.82) is 0 Å². The van der Waals surface area contributed by atoms with Gasteiger partial charge in [0, 0.05) is 6.42 Å². The van der Waals surface area contributed by atoms with Crippen LogP contribution in [-0.2, 0) is 11.2 Å². The number of amides is 1. The molecule has 0 aliphatic heterocycles. The third-order valence-electron chi connectivity index (χ3n) is 3.40. The van der Waals surface area contributed by atoms with E-state index in [1.54, 1.807) is 12.1 Å². The lowest BCUT2D eigenvalue weighted by atomic mass is 10.0. The van der Waals surface area contributed by atoms with Crippen LogP contribution in [-0.4, -0.2) is 17.0 Å². The molecule has 1 aliphatic rings. The van der Waals surface area contributed by atoms with Gasteiger partial charge in [-0.2, -0.15) is 0 Å². The van der Waals surface area contributed by atoms with E-state index >= 15 is 0 Å². The van der Waals surface area contributed by atoms with Crippen molar-refractivity contribution in [3.8, 4) is 0 Å². The van der Waals surface area contributed by atoms with Crippen LogP contribution in [0.15, 0.2) is 18.2 Å². The predicted octanol–water partition coefficient (Wildman–Crippen LogP) is 2.53. The van der Waals surface area contributed by atoms with E-state index in [1.165, 1.54) is 0 Å². The van der Waals surface area contributed by atoms with E-state index in [-0.39, 0.29) is 11.9 Å². The summed E-state index contributed by atoms with van der Waals surface area (Å²) < 4.78 is 0. The lowest BCUT2D eigenvalue weighted by Gasteiger charge is -2.15. The molecule has 102 valence electrons. The number of rotatable bonds is 4. The number of carbonyl (C=O) groups is 2. The van der Waals surface area contributed by atoms with E-state index < -0.39 is 5.97 Å². The van der Waals surface area contributed by atoms with Crippen LogP contribution < -0.4 is 5.32 Å². The van der Waals surface area contributed by atoms with Gasteiger partial charge in [0.2, 0.25) is 5.91 Å². The zero-order valence-corrected chi connectivity index (χ0v) is 11.3. The average Bonchev–Trinajstić information content (AvgIpc) is 2.70. The zero-order valence-electron chi connectivity index (χ0n) is 11.3. The van der Waals surface area contributed by atoms with Crippen LogP contribution in [0, 0.1) is 5.92 Å². The van der Waals surface area contributed by atoms with Gasteiger partial charge in [-0.3, -0.25) is 4.79 Å². The standard InChI is InChI=1S/C15H19NO3/c1-9(2)7-14(17)16-13-6-4-10-8-11(15(18)19)3-5-12(10)13/h3,5,8-9,13H,4,6-7H2,1-2H3,(H,16,17)(H,18,19)/t13-/m1/s1. The molecule has 1 aromatic carbocycles. The summed E-state index contributed by atoms with van der Waals surface area (Å²) >= 11 is 0. The fraction of sp³-hybridized carbons (Fsp3) is 0.467. The highest BCUT2D eigenvalue weighted by Crippen LogP contribution is 2.31. The van der Waals surface area contributed by atoms with E-state index in [0.717, 1.165) is 24.0 Å². The van der Waals surface area contributed by atoms with E-state index in [2.05, 4.69) is 5.32 Å². The van der Waals surface area contributed by atoms with E-state index in [9.17, 15) is 9.59 Å². The normalized spacial score (nSPS) is 17.3. The van der Waals surface area contributed by atoms with Crippen LogP contribution in [0.5, 0.6) is 0 Å². The summed E-state index contributed by atoms with van der Waals surface area (Å²) in [5.74, 6) is -0.500. The molecule has 0 fully saturated rings. The molecule has 0 heterocycles. The maximum absolute atomic E-state index is 11.8. The van der Waals surface area contributed by atoms with Crippen molar-refractivity contribution in [2.75, 3.05) is 0 Å². The van der Waals surface area contributed by atoms with Crippen LogP contribution in [0.4, 0.5) is 0 Å². The lowest BCUT2D eigenvalue weighted by molar-refractivity contribution is -0.122. The van der Waals surface area contributed by atoms with Crippen LogP contribution in [0.2, 0.25) is 0 Å². The highest BCUT2D eigenvalue weighted by atomic mass is 16.4. The predicted molar refractivity (Wildman–Crippen MR) is 72.1 cm³/mol. The van der Waals surface area contributed by atoms with Crippen LogP contribution in [0.1, 0.15) is 54.2 Å². The number of carboxylic acids is 1. The number of fused-ring (bicyclic) bond motifs is 1. The summed E-state index contributed by atoms with van der Waals surface area (Å²) in [7, 11) is 0. The maximum atomic E-state index is 11.8. The summed E-state index contributed by atoms with van der Waals surface area (Å²) in [5.41, 5.74) is 2.41. The van der Waals surface area contributed by atoms with Crippen molar-refractivity contribution in [3.63, 3.8) is 0 Å². The van der Waals surface area contributed by atoms with Gasteiger partial charge in [0.05, 0.1) is 11.6 Å². The van der Waals surface area contributed by atoms with Gasteiger partial charge in [0.15, 0.2) is 0 Å². The van der Waals surface area contributed by atoms with Crippen molar-refractivity contribution < 1.29 is 14.7 Å². The number of benzene rings is 1. The van der Waals surface area contributed by atoms with Gasteiger partial charge in [-0.25, -0.2) is 4.79 Å². The van der Waals surface area contributed by atoms with E-state index in [1.807, 2.05) is 19.9 Å². The topological polar surface area (TPSA) is 66.4 Å². The molecule has 0 saturated carbocycles. The number of carboxylic acid groups (broad SMARTS) is 1. The van der Waals surface area contributed by atoms with Crippen molar-refractivity contribution in [2.24, 2.45) is 5.92 Å². The summed E-state index contributed by atoms with van der Waals surface area (Å²) in [5, 5.41) is 12.0. The third kappa shape index (κ3) is 3.13. The Morgan fingerprint density at radius 1 is 1.42 bits per heavy atom. The molecule has 0 spiro atoms. The molecule has 0 aromatic heterocycles. The Hall–Kier alpha value is -1.84. The largest absolute Gasteiger partial charge is 0.478 e. The fourth-order valence-electron chi connectivity index (χ4n) is 2.52. The second-order valence-corrected chi connectivity index (χ2v) is 5.48. The van der Waals surface area contributed by atoms with Crippen molar-refractivity contribution in [2.45, 2.75) is 39.2 Å². The summed E-state index contributed by atoms with van der Waals surface area (Å²) in [4.78, 5) is 22.7. The number of hydrogen-bond acceptors (Lipinski definition) is 2. The van der Waals surface area contributed by atoms with Gasteiger partial charge in [0.1, 0.15) is 0 Å². The van der Waals surface area contributed by atoms with Crippen LogP contribution >= 0.6 is 0 Å². The van der Waals surface area contributed by atoms with Gasteiger partial charge < -0.3 is 10.4 Å². The van der Waals surface area contributed by atoms with Crippen molar-refractivity contribution >= 4 is 11.9 Å². The van der Waals surface area contributed by atoms with Crippen LogP contribution in [0.3, 0.4) is 0 Å². The molecular weight excluding hydrogens is 242 g/mol. The highest BCUT2D eigenvalue weighted by Gasteiger charge is 2.24. The Kier molecular flexibility index (Phi) is 3.88. The zero-order chi connectivity index (χ0) is 14.0. The Labute approximate surface area is 112 Å². The molecule has 4 nitrogen and oxygen atoms in total. The van der Waals surface area contributed by atoms with Gasteiger partial charge in [-0.15, -0.1) is 0 Å². The molecule has 1 amide bonds. The molecule has 1 atom stereocenters. The minimum atomic E-state index is -0.907. The molecule has 2 N–H and O–H groups in total. The molecule has 0 radical (unpaired) electrons. The lowest BCUT2D eigenvalue weighted by Crippen LogP contribution is -2.27. The van der Waals surface area contributed by atoms with Crippen LogP contribution in [0.25, 0.3) is 0 Å². The monoisotopic (exact) mass is 261 g/mol. The first-order chi connectivity index (χ1) is 8.97. The third-order valence-corrected chi connectivity index (χ3v) is 3.40. The molecular formula is C15H19NO3. The smallest absolute Gasteiger partial charge is 0.335 e. The first-order valence-corrected chi connectivity index (χ1v) is 6.63. The maximum Gasteiger partial charge on any atom is 0.335 e. The molecule has 0 saturated heterocycles. The summed E-state index contributed by atoms with van der Waals surface area (Å²) in [6, 6.07) is 5.18. The molecule has 0 bridgehead atoms. The van der Waals surface area contributed by atoms with E-state index in [0.29, 0.717) is 17.9 Å². The Morgan fingerprint density at radius 3 is 2.79 bits per heavy atom. The first kappa shape index (κ1) is 13.6. The number of carbonyl (C=O) groups excluding carboxylic acids is 1. The number of aryl methyl sites for hydroxylation is 1. The van der Waals surface area contributed by atoms with Gasteiger partial charge in [0.25, 0.3) is 0 Å². The first-order valence-electron chi connectivity index (χ1n) is 6.63. The molecule has 4 heteroatoms. The molecule has 2 rings (SSSR count). The molecule has 19 heavy (non-hydrogen) atoms. The summed E-state index contributed by atoms with van der Waals surface area (Å²) in [6.07, 6.45) is 2.20. The van der Waals surface area contributed by atoms with Gasteiger partial charge >= 0.3 is 5.97 Å². The number of aromatic carboxylic acids is 1. The van der Waals surface area contributed by atoms with Gasteiger partial charge in [-0.1, -0.05) is 19.9 Å². The van der Waals surface area contributed by atoms with Crippen molar-refractivity contribution in [3.05, 3.63) is 34.9 Å². The minimum Gasteiger partial charge on any atom is -0.478 e.